The number of hydrogen-bond donors (Lipinski definition) is 1. The van der Waals surface area contributed by atoms with Crippen molar-refractivity contribution in [2.45, 2.75) is 13.0 Å². The number of nitrogens with one attached hydrogen (secondary N) is 1. The van der Waals surface area contributed by atoms with E-state index in [-0.39, 0.29) is 17.0 Å². The molecule has 2 aromatic rings. The molecule has 0 fully saturated rings. The number of halogens is 5. The van der Waals surface area contributed by atoms with Crippen LogP contribution in [0.2, 0.25) is 0 Å². The number of rotatable bonds is 7. The second kappa shape index (κ2) is 9.02. The van der Waals surface area contributed by atoms with Gasteiger partial charge in [-0.1, -0.05) is 6.07 Å². The van der Waals surface area contributed by atoms with Crippen molar-refractivity contribution in [2.24, 2.45) is 0 Å². The van der Waals surface area contributed by atoms with Crippen molar-refractivity contribution in [3.8, 4) is 11.5 Å². The van der Waals surface area contributed by atoms with Crippen molar-refractivity contribution >= 4 is 17.6 Å². The highest BCUT2D eigenvalue weighted by atomic mass is 19.4. The standard InChI is InChI=1S/C17H12F5NO5/c18-16(19)27-13-3-1-2-10(8-13)15(25)26-9-14(24)23-11-4-6-12(7-5-11)28-17(20,21)22/h1-8,16H,9H2,(H,23,24). The first-order valence-electron chi connectivity index (χ1n) is 7.50. The van der Waals surface area contributed by atoms with Gasteiger partial charge in [-0.3, -0.25) is 4.79 Å². The van der Waals surface area contributed by atoms with Crippen LogP contribution >= 0.6 is 0 Å². The van der Waals surface area contributed by atoms with E-state index in [1.165, 1.54) is 18.2 Å². The van der Waals surface area contributed by atoms with Crippen molar-refractivity contribution in [1.29, 1.82) is 0 Å². The van der Waals surface area contributed by atoms with E-state index < -0.39 is 37.2 Å². The zero-order valence-electron chi connectivity index (χ0n) is 13.8. The fourth-order valence-corrected chi connectivity index (χ4v) is 1.95. The van der Waals surface area contributed by atoms with E-state index in [0.717, 1.165) is 30.3 Å². The van der Waals surface area contributed by atoms with E-state index in [1.807, 2.05) is 0 Å². The molecule has 0 aliphatic rings. The van der Waals surface area contributed by atoms with Crippen molar-refractivity contribution in [2.75, 3.05) is 11.9 Å². The maximum absolute atomic E-state index is 12.2. The number of alkyl halides is 5. The summed E-state index contributed by atoms with van der Waals surface area (Å²) < 4.78 is 73.1. The molecule has 28 heavy (non-hydrogen) atoms. The maximum atomic E-state index is 12.2. The summed E-state index contributed by atoms with van der Waals surface area (Å²) in [5.41, 5.74) is 0.0301. The van der Waals surface area contributed by atoms with Gasteiger partial charge in [-0.2, -0.15) is 8.78 Å². The van der Waals surface area contributed by atoms with Crippen LogP contribution in [0.1, 0.15) is 10.4 Å². The quantitative estimate of drug-likeness (QED) is 0.557. The predicted octanol–water partition coefficient (Wildman–Crippen LogP) is 3.98. The molecule has 11 heteroatoms. The molecule has 0 radical (unpaired) electrons. The highest BCUT2D eigenvalue weighted by Gasteiger charge is 2.30. The van der Waals surface area contributed by atoms with Crippen LogP contribution in [0, 0.1) is 0 Å². The van der Waals surface area contributed by atoms with E-state index in [4.69, 9.17) is 4.74 Å². The summed E-state index contributed by atoms with van der Waals surface area (Å²) in [5.74, 6) is -2.44. The first-order valence-corrected chi connectivity index (χ1v) is 7.50. The van der Waals surface area contributed by atoms with E-state index in [1.54, 1.807) is 0 Å². The molecule has 1 N–H and O–H groups in total. The SMILES string of the molecule is O=C(COC(=O)c1cccc(OC(F)F)c1)Nc1ccc(OC(F)(F)F)cc1. The van der Waals surface area contributed by atoms with Gasteiger partial charge in [0, 0.05) is 5.69 Å². The molecule has 0 saturated heterocycles. The lowest BCUT2D eigenvalue weighted by Gasteiger charge is -2.10. The third-order valence-electron chi connectivity index (χ3n) is 3.00. The highest BCUT2D eigenvalue weighted by molar-refractivity contribution is 5.95. The van der Waals surface area contributed by atoms with Crippen molar-refractivity contribution < 1.29 is 45.8 Å². The molecule has 0 saturated carbocycles. The molecule has 0 spiro atoms. The Labute approximate surface area is 154 Å². The Hall–Kier alpha value is -3.37. The van der Waals surface area contributed by atoms with Crippen LogP contribution in [-0.2, 0) is 9.53 Å². The van der Waals surface area contributed by atoms with Crippen LogP contribution in [-0.4, -0.2) is 31.5 Å². The Morgan fingerprint density at radius 3 is 2.29 bits per heavy atom. The van der Waals surface area contributed by atoms with Gasteiger partial charge in [0.1, 0.15) is 11.5 Å². The molecule has 0 aliphatic heterocycles. The predicted molar refractivity (Wildman–Crippen MR) is 85.1 cm³/mol. The van der Waals surface area contributed by atoms with Gasteiger partial charge in [0.25, 0.3) is 5.91 Å². The first-order chi connectivity index (χ1) is 13.1. The summed E-state index contributed by atoms with van der Waals surface area (Å²) in [6.07, 6.45) is -4.84. The van der Waals surface area contributed by atoms with Gasteiger partial charge in [-0.05, 0) is 42.5 Å². The van der Waals surface area contributed by atoms with Crippen LogP contribution in [0.3, 0.4) is 0 Å². The molecule has 0 bridgehead atoms. The summed E-state index contributed by atoms with van der Waals surface area (Å²) in [4.78, 5) is 23.6. The van der Waals surface area contributed by atoms with E-state index in [2.05, 4.69) is 14.8 Å². The minimum Gasteiger partial charge on any atom is -0.452 e. The van der Waals surface area contributed by atoms with Gasteiger partial charge < -0.3 is 19.5 Å². The number of carbonyl (C=O) groups is 2. The number of ether oxygens (including phenoxy) is 3. The summed E-state index contributed by atoms with van der Waals surface area (Å²) in [6.45, 7) is -3.77. The molecule has 6 nitrogen and oxygen atoms in total. The van der Waals surface area contributed by atoms with Crippen LogP contribution in [0.25, 0.3) is 0 Å². The number of carbonyl (C=O) groups excluding carboxylic acids is 2. The zero-order valence-corrected chi connectivity index (χ0v) is 13.8. The van der Waals surface area contributed by atoms with Gasteiger partial charge in [-0.25, -0.2) is 4.79 Å². The topological polar surface area (TPSA) is 73.9 Å². The molecule has 2 rings (SSSR count). The fraction of sp³-hybridized carbons (Fsp3) is 0.176. The largest absolute Gasteiger partial charge is 0.573 e. The summed E-state index contributed by atoms with van der Waals surface area (Å²) in [6, 6.07) is 9.09. The van der Waals surface area contributed by atoms with Crippen LogP contribution in [0.5, 0.6) is 11.5 Å². The Bertz CT molecular complexity index is 823. The fourth-order valence-electron chi connectivity index (χ4n) is 1.95. The number of anilines is 1. The average Bonchev–Trinajstić information content (AvgIpc) is 2.60. The van der Waals surface area contributed by atoms with Crippen molar-refractivity contribution in [1.82, 2.24) is 0 Å². The van der Waals surface area contributed by atoms with Gasteiger partial charge in [0.05, 0.1) is 5.56 Å². The molecular formula is C17H12F5NO5. The third kappa shape index (κ3) is 7.09. The second-order valence-electron chi connectivity index (χ2n) is 5.10. The first kappa shape index (κ1) is 20.9. The molecule has 0 heterocycles. The Kier molecular flexibility index (Phi) is 6.74. The van der Waals surface area contributed by atoms with Crippen LogP contribution in [0.4, 0.5) is 27.6 Å². The summed E-state index contributed by atoms with van der Waals surface area (Å²) in [7, 11) is 0. The van der Waals surface area contributed by atoms with E-state index >= 15 is 0 Å². The average molecular weight is 405 g/mol. The molecule has 2 aromatic carbocycles. The highest BCUT2D eigenvalue weighted by Crippen LogP contribution is 2.24. The minimum atomic E-state index is -4.84. The number of benzene rings is 2. The number of hydrogen-bond acceptors (Lipinski definition) is 5. The van der Waals surface area contributed by atoms with Gasteiger partial charge in [0.2, 0.25) is 0 Å². The minimum absolute atomic E-state index is 0.111. The Morgan fingerprint density at radius 2 is 1.68 bits per heavy atom. The van der Waals surface area contributed by atoms with Crippen molar-refractivity contribution in [3.63, 3.8) is 0 Å². The molecular weight excluding hydrogens is 393 g/mol. The summed E-state index contributed by atoms with van der Waals surface area (Å²) in [5, 5.41) is 2.30. The molecule has 0 aliphatic carbocycles. The Balaban J connectivity index is 1.86. The lowest BCUT2D eigenvalue weighted by molar-refractivity contribution is -0.274. The van der Waals surface area contributed by atoms with Gasteiger partial charge in [-0.15, -0.1) is 13.2 Å². The van der Waals surface area contributed by atoms with E-state index in [0.29, 0.717) is 0 Å². The van der Waals surface area contributed by atoms with Crippen LogP contribution in [0.15, 0.2) is 48.5 Å². The van der Waals surface area contributed by atoms with Crippen molar-refractivity contribution in [3.05, 3.63) is 54.1 Å². The zero-order chi connectivity index (χ0) is 20.7. The molecule has 0 unspecified atom stereocenters. The summed E-state index contributed by atoms with van der Waals surface area (Å²) >= 11 is 0. The lowest BCUT2D eigenvalue weighted by atomic mass is 10.2. The molecule has 0 atom stereocenters. The number of esters is 1. The van der Waals surface area contributed by atoms with Crippen LogP contribution < -0.4 is 14.8 Å². The van der Waals surface area contributed by atoms with E-state index in [9.17, 15) is 31.5 Å². The smallest absolute Gasteiger partial charge is 0.452 e. The van der Waals surface area contributed by atoms with Gasteiger partial charge in [0.15, 0.2) is 6.61 Å². The molecule has 1 amide bonds. The maximum Gasteiger partial charge on any atom is 0.573 e. The lowest BCUT2D eigenvalue weighted by Crippen LogP contribution is -2.21. The normalized spacial score (nSPS) is 11.1. The number of amides is 1. The molecule has 0 aromatic heterocycles. The third-order valence-corrected chi connectivity index (χ3v) is 3.00. The Morgan fingerprint density at radius 1 is 1.00 bits per heavy atom. The second-order valence-corrected chi connectivity index (χ2v) is 5.10. The monoisotopic (exact) mass is 405 g/mol. The van der Waals surface area contributed by atoms with Gasteiger partial charge >= 0.3 is 18.9 Å². The molecule has 150 valence electrons.